The summed E-state index contributed by atoms with van der Waals surface area (Å²) in [6.45, 7) is 4.56. The molecular formula is C24H23ClF6N2O5. The topological polar surface area (TPSA) is 78.9 Å². The van der Waals surface area contributed by atoms with Crippen LogP contribution < -0.4 is 10.1 Å². The number of nitrogens with one attached hydrogen (secondary N) is 1. The minimum atomic E-state index is -4.99. The third-order valence-electron chi connectivity index (χ3n) is 6.22. The Morgan fingerprint density at radius 2 is 1.82 bits per heavy atom. The van der Waals surface area contributed by atoms with Crippen LogP contribution in [0, 0.1) is 0 Å². The summed E-state index contributed by atoms with van der Waals surface area (Å²) in [5.41, 5.74) is -2.00. The standard InChI is InChI=1S/C24H23ClF6N2O5/c1-21(2)35-11-18(37-21)17-7-4-12(10-32-17)33-20(34)19-15(9-22(3,38-19)23(26,27)28)14-6-5-13(8-16(14)25)36-24(29,30)31/h4-8,10,15,18-19H,9,11H2,1-3H3,(H,33,34)/t15-,18-,19+,22+/m0/s1. The molecule has 2 fully saturated rings. The number of alkyl halides is 6. The number of ether oxygens (including phenoxy) is 4. The van der Waals surface area contributed by atoms with Crippen molar-refractivity contribution < 1.29 is 50.1 Å². The molecule has 2 aromatic rings. The summed E-state index contributed by atoms with van der Waals surface area (Å²) < 4.78 is 99.4. The summed E-state index contributed by atoms with van der Waals surface area (Å²) in [6.07, 6.45) is -11.3. The molecule has 4 rings (SSSR count). The Hall–Kier alpha value is -2.61. The number of hydrogen-bond donors (Lipinski definition) is 1. The van der Waals surface area contributed by atoms with Crippen LogP contribution in [0.25, 0.3) is 0 Å². The van der Waals surface area contributed by atoms with Crippen molar-refractivity contribution in [2.75, 3.05) is 11.9 Å². The third-order valence-corrected chi connectivity index (χ3v) is 6.54. The van der Waals surface area contributed by atoms with Gasteiger partial charge in [-0.1, -0.05) is 17.7 Å². The molecule has 14 heteroatoms. The van der Waals surface area contributed by atoms with Gasteiger partial charge in [0, 0.05) is 10.9 Å². The van der Waals surface area contributed by atoms with E-state index in [0.29, 0.717) is 5.69 Å². The quantitative estimate of drug-likeness (QED) is 0.427. The van der Waals surface area contributed by atoms with Gasteiger partial charge in [-0.15, -0.1) is 13.2 Å². The molecule has 0 aliphatic carbocycles. The Morgan fingerprint density at radius 1 is 1.11 bits per heavy atom. The molecule has 1 N–H and O–H groups in total. The van der Waals surface area contributed by atoms with Crippen LogP contribution >= 0.6 is 11.6 Å². The minimum Gasteiger partial charge on any atom is -0.406 e. The van der Waals surface area contributed by atoms with Gasteiger partial charge in [-0.3, -0.25) is 9.78 Å². The largest absolute Gasteiger partial charge is 0.573 e. The van der Waals surface area contributed by atoms with Crippen LogP contribution in [0.1, 0.15) is 50.5 Å². The smallest absolute Gasteiger partial charge is 0.406 e. The lowest BCUT2D eigenvalue weighted by molar-refractivity contribution is -0.274. The summed E-state index contributed by atoms with van der Waals surface area (Å²) >= 11 is 6.13. The SMILES string of the molecule is CC1(C)OC[C@@H](c2ccc(NC(=O)[C@@H]3O[C@@](C)(C(F)(F)F)C[C@H]3c3ccc(OC(F)(F)F)cc3Cl)cn2)O1. The first-order valence-corrected chi connectivity index (χ1v) is 11.7. The predicted molar refractivity (Wildman–Crippen MR) is 122 cm³/mol. The summed E-state index contributed by atoms with van der Waals surface area (Å²) in [4.78, 5) is 17.3. The molecule has 7 nitrogen and oxygen atoms in total. The van der Waals surface area contributed by atoms with Gasteiger partial charge in [-0.05, 0) is 57.0 Å². The average molecular weight is 569 g/mol. The monoisotopic (exact) mass is 568 g/mol. The molecule has 2 saturated heterocycles. The second kappa shape index (κ2) is 9.85. The molecule has 4 atom stereocenters. The van der Waals surface area contributed by atoms with Crippen LogP contribution in [0.3, 0.4) is 0 Å². The Kier molecular flexibility index (Phi) is 7.36. The maximum Gasteiger partial charge on any atom is 0.573 e. The average Bonchev–Trinajstić information content (AvgIpc) is 3.33. The van der Waals surface area contributed by atoms with E-state index in [1.165, 1.54) is 12.3 Å². The second-order valence-corrected chi connectivity index (χ2v) is 9.99. The summed E-state index contributed by atoms with van der Waals surface area (Å²) in [6, 6.07) is 5.89. The van der Waals surface area contributed by atoms with Crippen LogP contribution in [0.4, 0.5) is 32.0 Å². The molecule has 2 aliphatic rings. The van der Waals surface area contributed by atoms with Crippen molar-refractivity contribution in [3.8, 4) is 5.75 Å². The van der Waals surface area contributed by atoms with Crippen LogP contribution in [-0.2, 0) is 19.0 Å². The molecule has 0 spiro atoms. The number of carbonyl (C=O) groups is 1. The van der Waals surface area contributed by atoms with Crippen molar-refractivity contribution in [1.82, 2.24) is 4.98 Å². The third kappa shape index (κ3) is 6.16. The van der Waals surface area contributed by atoms with Crippen molar-refractivity contribution in [3.63, 3.8) is 0 Å². The maximum atomic E-state index is 13.8. The second-order valence-electron chi connectivity index (χ2n) is 9.59. The number of pyridine rings is 1. The molecule has 208 valence electrons. The molecular weight excluding hydrogens is 546 g/mol. The van der Waals surface area contributed by atoms with Gasteiger partial charge < -0.3 is 24.3 Å². The lowest BCUT2D eigenvalue weighted by Gasteiger charge is -2.27. The number of anilines is 1. The van der Waals surface area contributed by atoms with E-state index in [1.807, 2.05) is 0 Å². The molecule has 0 bridgehead atoms. The highest BCUT2D eigenvalue weighted by Gasteiger charge is 2.61. The van der Waals surface area contributed by atoms with Crippen LogP contribution in [0.5, 0.6) is 5.75 Å². The van der Waals surface area contributed by atoms with Crippen molar-refractivity contribution in [2.45, 2.75) is 69.2 Å². The number of aromatic nitrogens is 1. The fraction of sp³-hybridized carbons (Fsp3) is 0.500. The number of hydrogen-bond acceptors (Lipinski definition) is 6. The zero-order valence-electron chi connectivity index (χ0n) is 20.2. The summed E-state index contributed by atoms with van der Waals surface area (Å²) in [5.74, 6) is -3.58. The lowest BCUT2D eigenvalue weighted by atomic mass is 9.86. The Balaban J connectivity index is 1.56. The maximum absolute atomic E-state index is 13.8. The fourth-order valence-corrected chi connectivity index (χ4v) is 4.66. The highest BCUT2D eigenvalue weighted by Crippen LogP contribution is 2.51. The van der Waals surface area contributed by atoms with E-state index in [1.54, 1.807) is 19.9 Å². The lowest BCUT2D eigenvalue weighted by Crippen LogP contribution is -2.43. The van der Waals surface area contributed by atoms with E-state index >= 15 is 0 Å². The number of carbonyl (C=O) groups excluding carboxylic acids is 1. The van der Waals surface area contributed by atoms with Gasteiger partial charge in [0.25, 0.3) is 5.91 Å². The first-order chi connectivity index (χ1) is 17.5. The number of nitrogens with zero attached hydrogens (tertiary/aromatic N) is 1. The highest BCUT2D eigenvalue weighted by molar-refractivity contribution is 6.31. The molecule has 2 aliphatic heterocycles. The molecule has 1 aromatic heterocycles. The van der Waals surface area contributed by atoms with Crippen molar-refractivity contribution in [2.24, 2.45) is 0 Å². The van der Waals surface area contributed by atoms with Gasteiger partial charge in [-0.2, -0.15) is 13.2 Å². The molecule has 1 aromatic carbocycles. The first-order valence-electron chi connectivity index (χ1n) is 11.3. The number of amides is 1. The molecule has 3 heterocycles. The number of halogens is 7. The zero-order valence-corrected chi connectivity index (χ0v) is 21.0. The van der Waals surface area contributed by atoms with E-state index in [-0.39, 0.29) is 22.9 Å². The zero-order chi connectivity index (χ0) is 28.1. The van der Waals surface area contributed by atoms with Crippen LogP contribution in [0.2, 0.25) is 5.02 Å². The van der Waals surface area contributed by atoms with Crippen molar-refractivity contribution in [3.05, 3.63) is 52.8 Å². The van der Waals surface area contributed by atoms with E-state index in [2.05, 4.69) is 15.0 Å². The van der Waals surface area contributed by atoms with Crippen LogP contribution in [0.15, 0.2) is 36.5 Å². The van der Waals surface area contributed by atoms with Gasteiger partial charge in [0.1, 0.15) is 18.0 Å². The van der Waals surface area contributed by atoms with E-state index in [0.717, 1.165) is 25.1 Å². The molecule has 38 heavy (non-hydrogen) atoms. The van der Waals surface area contributed by atoms with Gasteiger partial charge in [0.2, 0.25) is 0 Å². The van der Waals surface area contributed by atoms with E-state index in [9.17, 15) is 31.1 Å². The van der Waals surface area contributed by atoms with Gasteiger partial charge >= 0.3 is 12.5 Å². The predicted octanol–water partition coefficient (Wildman–Crippen LogP) is 6.29. The Bertz CT molecular complexity index is 1190. The van der Waals surface area contributed by atoms with Crippen molar-refractivity contribution >= 4 is 23.2 Å². The van der Waals surface area contributed by atoms with Gasteiger partial charge in [-0.25, -0.2) is 0 Å². The summed E-state index contributed by atoms with van der Waals surface area (Å²) in [5, 5.41) is 2.18. The number of benzene rings is 1. The molecule has 0 unspecified atom stereocenters. The van der Waals surface area contributed by atoms with Crippen molar-refractivity contribution in [1.29, 1.82) is 0 Å². The minimum absolute atomic E-state index is 0.00351. The molecule has 1 amide bonds. The Morgan fingerprint density at radius 3 is 2.34 bits per heavy atom. The Labute approximate surface area is 218 Å². The van der Waals surface area contributed by atoms with Gasteiger partial charge in [0.05, 0.1) is 24.2 Å². The molecule has 0 saturated carbocycles. The fourth-order valence-electron chi connectivity index (χ4n) is 4.35. The highest BCUT2D eigenvalue weighted by atomic mass is 35.5. The van der Waals surface area contributed by atoms with E-state index in [4.69, 9.17) is 25.8 Å². The summed E-state index contributed by atoms with van der Waals surface area (Å²) in [7, 11) is 0. The van der Waals surface area contributed by atoms with Gasteiger partial charge in [0.15, 0.2) is 11.4 Å². The number of rotatable bonds is 5. The first kappa shape index (κ1) is 28.4. The normalized spacial score (nSPS) is 27.4. The molecule has 0 radical (unpaired) electrons. The van der Waals surface area contributed by atoms with Crippen LogP contribution in [-0.4, -0.2) is 47.5 Å². The van der Waals surface area contributed by atoms with E-state index < -0.39 is 60.1 Å².